The molecule has 0 amide bonds. The van der Waals surface area contributed by atoms with Gasteiger partial charge in [0.25, 0.3) is 0 Å². The summed E-state index contributed by atoms with van der Waals surface area (Å²) in [5, 5.41) is 11.8. The zero-order valence-corrected chi connectivity index (χ0v) is 14.7. The van der Waals surface area contributed by atoms with E-state index in [1.165, 1.54) is 24.4 Å². The molecule has 0 atom stereocenters. The standard InChI is InChI=1S/C18H14ClN3O4/c1-11-3-5-15(13(19)9-11)26-16-6-4-12(10-14(16)22(24)25)17(23)18-20-7-8-21(18)2/h3-10H,1-2H3. The second-order valence-electron chi connectivity index (χ2n) is 5.67. The van der Waals surface area contributed by atoms with E-state index in [0.29, 0.717) is 10.8 Å². The zero-order chi connectivity index (χ0) is 18.8. The van der Waals surface area contributed by atoms with Gasteiger partial charge in [0.2, 0.25) is 11.5 Å². The second kappa shape index (κ2) is 6.97. The third kappa shape index (κ3) is 3.43. The molecule has 0 aliphatic rings. The molecule has 132 valence electrons. The number of hydrogen-bond donors (Lipinski definition) is 0. The summed E-state index contributed by atoms with van der Waals surface area (Å²) in [6.07, 6.45) is 3.11. The van der Waals surface area contributed by atoms with Crippen LogP contribution in [-0.4, -0.2) is 20.3 Å². The van der Waals surface area contributed by atoms with E-state index >= 15 is 0 Å². The van der Waals surface area contributed by atoms with Gasteiger partial charge in [-0.25, -0.2) is 4.98 Å². The van der Waals surface area contributed by atoms with Crippen molar-refractivity contribution >= 4 is 23.1 Å². The molecule has 0 spiro atoms. The number of imidazole rings is 1. The molecule has 0 bridgehead atoms. The highest BCUT2D eigenvalue weighted by molar-refractivity contribution is 6.32. The molecule has 1 aromatic heterocycles. The number of rotatable bonds is 5. The number of aryl methyl sites for hydroxylation is 2. The molecule has 1 heterocycles. The highest BCUT2D eigenvalue weighted by Gasteiger charge is 2.22. The van der Waals surface area contributed by atoms with Gasteiger partial charge in [-0.2, -0.15) is 0 Å². The minimum absolute atomic E-state index is 0.00265. The maximum absolute atomic E-state index is 12.5. The van der Waals surface area contributed by atoms with E-state index < -0.39 is 10.7 Å². The molecule has 0 N–H and O–H groups in total. The monoisotopic (exact) mass is 371 g/mol. The summed E-state index contributed by atoms with van der Waals surface area (Å²) < 4.78 is 7.15. The first-order valence-electron chi connectivity index (χ1n) is 7.61. The molecule has 3 rings (SSSR count). The number of nitro benzene ring substituents is 1. The fraction of sp³-hybridized carbons (Fsp3) is 0.111. The number of nitro groups is 1. The van der Waals surface area contributed by atoms with Gasteiger partial charge in [-0.05, 0) is 36.8 Å². The Morgan fingerprint density at radius 1 is 1.23 bits per heavy atom. The number of carbonyl (C=O) groups is 1. The van der Waals surface area contributed by atoms with E-state index in [-0.39, 0.29) is 22.8 Å². The van der Waals surface area contributed by atoms with Crippen molar-refractivity contribution in [1.29, 1.82) is 0 Å². The third-order valence-corrected chi connectivity index (χ3v) is 4.04. The molecule has 0 radical (unpaired) electrons. The minimum Gasteiger partial charge on any atom is -0.449 e. The number of benzene rings is 2. The number of nitrogens with zero attached hydrogens (tertiary/aromatic N) is 3. The van der Waals surface area contributed by atoms with Crippen LogP contribution in [0.3, 0.4) is 0 Å². The quantitative estimate of drug-likeness (QED) is 0.379. The Kier molecular flexibility index (Phi) is 4.73. The first-order valence-corrected chi connectivity index (χ1v) is 7.99. The van der Waals surface area contributed by atoms with Crippen LogP contribution in [0.25, 0.3) is 0 Å². The average molecular weight is 372 g/mol. The highest BCUT2D eigenvalue weighted by atomic mass is 35.5. The molecular formula is C18H14ClN3O4. The van der Waals surface area contributed by atoms with Gasteiger partial charge >= 0.3 is 5.69 Å². The van der Waals surface area contributed by atoms with Gasteiger partial charge in [0, 0.05) is 31.1 Å². The van der Waals surface area contributed by atoms with Crippen molar-refractivity contribution in [3.05, 3.63) is 80.9 Å². The maximum atomic E-state index is 12.5. The van der Waals surface area contributed by atoms with E-state index in [0.717, 1.165) is 5.56 Å². The fourth-order valence-corrected chi connectivity index (χ4v) is 2.68. The van der Waals surface area contributed by atoms with Crippen LogP contribution in [0.4, 0.5) is 5.69 Å². The molecule has 26 heavy (non-hydrogen) atoms. The summed E-state index contributed by atoms with van der Waals surface area (Å²) in [7, 11) is 1.67. The van der Waals surface area contributed by atoms with Crippen molar-refractivity contribution in [2.75, 3.05) is 0 Å². The van der Waals surface area contributed by atoms with Crippen LogP contribution in [0.1, 0.15) is 21.7 Å². The summed E-state index contributed by atoms with van der Waals surface area (Å²) >= 11 is 6.12. The Bertz CT molecular complexity index is 1010. The molecule has 3 aromatic rings. The topological polar surface area (TPSA) is 87.3 Å². The summed E-state index contributed by atoms with van der Waals surface area (Å²) in [6.45, 7) is 1.87. The molecule has 2 aromatic carbocycles. The zero-order valence-electron chi connectivity index (χ0n) is 14.0. The molecule has 0 fully saturated rings. The van der Waals surface area contributed by atoms with E-state index in [4.69, 9.17) is 16.3 Å². The largest absolute Gasteiger partial charge is 0.449 e. The second-order valence-corrected chi connectivity index (χ2v) is 6.07. The van der Waals surface area contributed by atoms with Gasteiger partial charge in [-0.3, -0.25) is 14.9 Å². The highest BCUT2D eigenvalue weighted by Crippen LogP contribution is 2.36. The van der Waals surface area contributed by atoms with Crippen LogP contribution in [0.2, 0.25) is 5.02 Å². The maximum Gasteiger partial charge on any atom is 0.312 e. The number of hydrogen-bond acceptors (Lipinski definition) is 5. The van der Waals surface area contributed by atoms with Gasteiger partial charge in [0.05, 0.1) is 9.95 Å². The van der Waals surface area contributed by atoms with Gasteiger partial charge in [-0.15, -0.1) is 0 Å². The minimum atomic E-state index is -0.605. The Balaban J connectivity index is 1.98. The van der Waals surface area contributed by atoms with Crippen molar-refractivity contribution in [2.24, 2.45) is 7.05 Å². The Hall–Kier alpha value is -3.19. The van der Waals surface area contributed by atoms with Crippen LogP contribution in [0.15, 0.2) is 48.8 Å². The average Bonchev–Trinajstić information content (AvgIpc) is 3.02. The molecule has 8 heteroatoms. The van der Waals surface area contributed by atoms with Crippen LogP contribution < -0.4 is 4.74 Å². The summed E-state index contributed by atoms with van der Waals surface area (Å²) in [5.74, 6) is 0.0655. The van der Waals surface area contributed by atoms with Gasteiger partial charge in [-0.1, -0.05) is 17.7 Å². The summed E-state index contributed by atoms with van der Waals surface area (Å²) in [5.41, 5.74) is 0.753. The lowest BCUT2D eigenvalue weighted by molar-refractivity contribution is -0.385. The Morgan fingerprint density at radius 2 is 1.96 bits per heavy atom. The van der Waals surface area contributed by atoms with Crippen molar-refractivity contribution in [1.82, 2.24) is 9.55 Å². The molecule has 7 nitrogen and oxygen atoms in total. The Morgan fingerprint density at radius 3 is 2.58 bits per heavy atom. The van der Waals surface area contributed by atoms with Crippen LogP contribution in [-0.2, 0) is 7.05 Å². The van der Waals surface area contributed by atoms with Gasteiger partial charge in [0.15, 0.2) is 5.82 Å². The van der Waals surface area contributed by atoms with E-state index in [1.807, 2.05) is 6.92 Å². The normalized spacial score (nSPS) is 10.6. The molecule has 0 aliphatic carbocycles. The fourth-order valence-electron chi connectivity index (χ4n) is 2.41. The van der Waals surface area contributed by atoms with Gasteiger partial charge < -0.3 is 9.30 Å². The van der Waals surface area contributed by atoms with Crippen LogP contribution in [0, 0.1) is 17.0 Å². The molecule has 0 saturated heterocycles. The lowest BCUT2D eigenvalue weighted by atomic mass is 10.1. The number of carbonyl (C=O) groups excluding carboxylic acids is 1. The number of aromatic nitrogens is 2. The first-order chi connectivity index (χ1) is 12.4. The predicted molar refractivity (Wildman–Crippen MR) is 96.0 cm³/mol. The number of ketones is 1. The van der Waals surface area contributed by atoms with E-state index in [9.17, 15) is 14.9 Å². The lowest BCUT2D eigenvalue weighted by Gasteiger charge is -2.09. The SMILES string of the molecule is Cc1ccc(Oc2ccc(C(=O)c3nccn3C)cc2[N+](=O)[O-])c(Cl)c1. The predicted octanol–water partition coefficient (Wildman–Crippen LogP) is 4.31. The summed E-state index contributed by atoms with van der Waals surface area (Å²) in [4.78, 5) is 27.3. The van der Waals surface area contributed by atoms with Crippen molar-refractivity contribution in [2.45, 2.75) is 6.92 Å². The van der Waals surface area contributed by atoms with Crippen LogP contribution >= 0.6 is 11.6 Å². The van der Waals surface area contributed by atoms with Crippen LogP contribution in [0.5, 0.6) is 11.5 Å². The van der Waals surface area contributed by atoms with Crippen molar-refractivity contribution in [3.63, 3.8) is 0 Å². The molecule has 0 saturated carbocycles. The molecule has 0 unspecified atom stereocenters. The smallest absolute Gasteiger partial charge is 0.312 e. The number of halogens is 1. The van der Waals surface area contributed by atoms with Crippen molar-refractivity contribution in [3.8, 4) is 11.5 Å². The number of ether oxygens (including phenoxy) is 1. The van der Waals surface area contributed by atoms with Crippen molar-refractivity contribution < 1.29 is 14.5 Å². The first kappa shape index (κ1) is 17.6. The van der Waals surface area contributed by atoms with Gasteiger partial charge in [0.1, 0.15) is 5.75 Å². The summed E-state index contributed by atoms with van der Waals surface area (Å²) in [6, 6.07) is 9.13. The molecular weight excluding hydrogens is 358 g/mol. The lowest BCUT2D eigenvalue weighted by Crippen LogP contribution is -2.09. The third-order valence-electron chi connectivity index (χ3n) is 3.75. The molecule has 0 aliphatic heterocycles. The van der Waals surface area contributed by atoms with E-state index in [1.54, 1.807) is 36.0 Å². The van der Waals surface area contributed by atoms with E-state index in [2.05, 4.69) is 4.98 Å². The Labute approximate surface area is 154 Å².